The summed E-state index contributed by atoms with van der Waals surface area (Å²) in [6.07, 6.45) is 0.412. The van der Waals surface area contributed by atoms with Crippen LogP contribution in [0.5, 0.6) is 17.2 Å². The van der Waals surface area contributed by atoms with Gasteiger partial charge in [0.05, 0.1) is 18.2 Å². The van der Waals surface area contributed by atoms with Crippen LogP contribution in [0.25, 0.3) is 0 Å². The number of ether oxygens (including phenoxy) is 4. The lowest BCUT2D eigenvalue weighted by Crippen LogP contribution is -2.21. The number of phenolic OH excluding ortho intramolecular Hbond substituents is 1. The fourth-order valence-corrected chi connectivity index (χ4v) is 4.50. The summed E-state index contributed by atoms with van der Waals surface area (Å²) >= 11 is 1.23. The van der Waals surface area contributed by atoms with Crippen LogP contribution in [-0.4, -0.2) is 43.5 Å². The second-order valence-corrected chi connectivity index (χ2v) is 8.59. The molecular weight excluding hydrogens is 462 g/mol. The van der Waals surface area contributed by atoms with Gasteiger partial charge in [-0.25, -0.2) is 9.59 Å². The van der Waals surface area contributed by atoms with E-state index in [-0.39, 0.29) is 23.7 Å². The first-order valence-corrected chi connectivity index (χ1v) is 11.0. The van der Waals surface area contributed by atoms with Crippen molar-refractivity contribution < 1.29 is 38.4 Å². The fourth-order valence-electron chi connectivity index (χ4n) is 3.43. The van der Waals surface area contributed by atoms with Crippen molar-refractivity contribution in [2.75, 3.05) is 25.8 Å². The average molecular weight is 483 g/mol. The number of thiophene rings is 1. The molecule has 3 aromatic rings. The van der Waals surface area contributed by atoms with Crippen molar-refractivity contribution in [3.63, 3.8) is 0 Å². The number of carbonyl (C=O) groups is 3. The minimum Gasteiger partial charge on any atom is -0.508 e. The molecule has 9 nitrogen and oxygen atoms in total. The van der Waals surface area contributed by atoms with Gasteiger partial charge in [-0.05, 0) is 60.9 Å². The first kappa shape index (κ1) is 23.1. The number of phenols is 1. The summed E-state index contributed by atoms with van der Waals surface area (Å²) in [6, 6.07) is 11.0. The lowest BCUT2D eigenvalue weighted by Gasteiger charge is -2.09. The van der Waals surface area contributed by atoms with Crippen molar-refractivity contribution in [2.24, 2.45) is 0 Å². The van der Waals surface area contributed by atoms with E-state index in [0.717, 1.165) is 10.4 Å². The highest BCUT2D eigenvalue weighted by Gasteiger charge is 2.25. The highest BCUT2D eigenvalue weighted by atomic mass is 32.1. The van der Waals surface area contributed by atoms with Crippen LogP contribution in [0.4, 0.5) is 5.00 Å². The molecule has 0 spiro atoms. The Kier molecular flexibility index (Phi) is 6.69. The number of methoxy groups -OCH3 is 1. The molecule has 0 saturated heterocycles. The van der Waals surface area contributed by atoms with Gasteiger partial charge in [0, 0.05) is 4.88 Å². The van der Waals surface area contributed by atoms with Crippen LogP contribution in [0.2, 0.25) is 0 Å². The van der Waals surface area contributed by atoms with Gasteiger partial charge in [-0.2, -0.15) is 0 Å². The quantitative estimate of drug-likeness (QED) is 0.489. The molecule has 0 radical (unpaired) electrons. The number of carbonyl (C=O) groups excluding carboxylic acids is 3. The minimum absolute atomic E-state index is 0.00856. The second-order valence-electron chi connectivity index (χ2n) is 7.37. The van der Waals surface area contributed by atoms with Crippen molar-refractivity contribution >= 4 is 34.2 Å². The van der Waals surface area contributed by atoms with Gasteiger partial charge in [-0.1, -0.05) is 6.07 Å². The number of nitrogens with one attached hydrogen (secondary N) is 1. The van der Waals surface area contributed by atoms with Crippen molar-refractivity contribution in [1.82, 2.24) is 0 Å². The van der Waals surface area contributed by atoms with Crippen LogP contribution in [-0.2, 0) is 20.7 Å². The van der Waals surface area contributed by atoms with Crippen LogP contribution >= 0.6 is 11.3 Å². The molecule has 2 heterocycles. The van der Waals surface area contributed by atoms with Crippen LogP contribution in [0.15, 0.2) is 42.5 Å². The maximum atomic E-state index is 12.6. The molecule has 0 fully saturated rings. The number of fused-ring (bicyclic) bond motifs is 1. The molecular formula is C24H21NO8S. The Morgan fingerprint density at radius 3 is 2.53 bits per heavy atom. The molecule has 2 aromatic carbocycles. The molecule has 1 amide bonds. The van der Waals surface area contributed by atoms with E-state index in [1.54, 1.807) is 0 Å². The van der Waals surface area contributed by atoms with E-state index < -0.39 is 24.5 Å². The zero-order valence-corrected chi connectivity index (χ0v) is 19.2. The molecule has 1 aromatic heterocycles. The fraction of sp³-hybridized carbons (Fsp3) is 0.208. The molecule has 176 valence electrons. The number of aromatic hydroxyl groups is 1. The standard InChI is InChI=1S/C24H21NO8S/c1-13-17(9-14-3-8-18-19(10-14)33-12-32-18)21(24(29)30-2)22(34-13)25-20(27)11-31-23(28)15-4-6-16(26)7-5-15/h3-8,10,26H,9,11-12H2,1-2H3,(H,25,27). The van der Waals surface area contributed by atoms with Gasteiger partial charge in [0.2, 0.25) is 6.79 Å². The molecule has 0 saturated carbocycles. The Balaban J connectivity index is 1.49. The van der Waals surface area contributed by atoms with Crippen LogP contribution < -0.4 is 14.8 Å². The number of esters is 2. The second kappa shape index (κ2) is 9.84. The van der Waals surface area contributed by atoms with Gasteiger partial charge in [0.1, 0.15) is 10.8 Å². The molecule has 0 atom stereocenters. The summed E-state index contributed by atoms with van der Waals surface area (Å²) in [5, 5.41) is 12.3. The molecule has 1 aliphatic rings. The molecule has 2 N–H and O–H groups in total. The zero-order valence-electron chi connectivity index (χ0n) is 18.4. The first-order valence-electron chi connectivity index (χ1n) is 10.2. The summed E-state index contributed by atoms with van der Waals surface area (Å²) in [7, 11) is 1.27. The highest BCUT2D eigenvalue weighted by Crippen LogP contribution is 2.37. The minimum atomic E-state index is -0.714. The maximum Gasteiger partial charge on any atom is 0.341 e. The van der Waals surface area contributed by atoms with Gasteiger partial charge in [0.15, 0.2) is 18.1 Å². The van der Waals surface area contributed by atoms with E-state index in [9.17, 15) is 19.5 Å². The normalized spacial score (nSPS) is 11.7. The molecule has 10 heteroatoms. The highest BCUT2D eigenvalue weighted by molar-refractivity contribution is 7.16. The van der Waals surface area contributed by atoms with Crippen molar-refractivity contribution in [3.8, 4) is 17.2 Å². The Morgan fingerprint density at radius 2 is 1.79 bits per heavy atom. The topological polar surface area (TPSA) is 120 Å². The maximum absolute atomic E-state index is 12.6. The average Bonchev–Trinajstić information content (AvgIpc) is 3.41. The van der Waals surface area contributed by atoms with Crippen LogP contribution in [0, 0.1) is 6.92 Å². The Bertz CT molecular complexity index is 1250. The van der Waals surface area contributed by atoms with E-state index in [2.05, 4.69) is 5.32 Å². The summed E-state index contributed by atoms with van der Waals surface area (Å²) in [5.74, 6) is -0.601. The van der Waals surface area contributed by atoms with Crippen LogP contribution in [0.3, 0.4) is 0 Å². The van der Waals surface area contributed by atoms with Gasteiger partial charge < -0.3 is 29.4 Å². The van der Waals surface area contributed by atoms with E-state index >= 15 is 0 Å². The largest absolute Gasteiger partial charge is 0.508 e. The third-order valence-corrected chi connectivity index (χ3v) is 6.17. The Morgan fingerprint density at radius 1 is 1.06 bits per heavy atom. The first-order chi connectivity index (χ1) is 16.4. The summed E-state index contributed by atoms with van der Waals surface area (Å²) in [5.41, 5.74) is 2.06. The van der Waals surface area contributed by atoms with E-state index in [1.807, 2.05) is 25.1 Å². The van der Waals surface area contributed by atoms with Gasteiger partial charge in [0.25, 0.3) is 5.91 Å². The number of hydrogen-bond donors (Lipinski definition) is 2. The number of benzene rings is 2. The summed E-state index contributed by atoms with van der Waals surface area (Å²) < 4.78 is 20.8. The van der Waals surface area contributed by atoms with Gasteiger partial charge in [-0.15, -0.1) is 11.3 Å². The Hall–Kier alpha value is -4.05. The van der Waals surface area contributed by atoms with E-state index in [1.165, 1.54) is 42.7 Å². The lowest BCUT2D eigenvalue weighted by molar-refractivity contribution is -0.119. The third kappa shape index (κ3) is 4.96. The third-order valence-electron chi connectivity index (χ3n) is 5.11. The van der Waals surface area contributed by atoms with Crippen molar-refractivity contribution in [3.05, 3.63) is 69.6 Å². The number of rotatable bonds is 7. The number of amides is 1. The summed E-state index contributed by atoms with van der Waals surface area (Å²) in [4.78, 5) is 38.0. The number of anilines is 1. The van der Waals surface area contributed by atoms with Crippen LogP contribution in [0.1, 0.15) is 36.7 Å². The smallest absolute Gasteiger partial charge is 0.341 e. The molecule has 4 rings (SSSR count). The predicted octanol–water partition coefficient (Wildman–Crippen LogP) is 3.66. The van der Waals surface area contributed by atoms with E-state index in [0.29, 0.717) is 28.5 Å². The molecule has 34 heavy (non-hydrogen) atoms. The molecule has 0 bridgehead atoms. The zero-order chi connectivity index (χ0) is 24.2. The molecule has 0 aliphatic carbocycles. The number of aryl methyl sites for hydroxylation is 1. The van der Waals surface area contributed by atoms with Crippen molar-refractivity contribution in [1.29, 1.82) is 0 Å². The Labute approximate surface area is 198 Å². The van der Waals surface area contributed by atoms with Gasteiger partial charge in [-0.3, -0.25) is 4.79 Å². The van der Waals surface area contributed by atoms with Gasteiger partial charge >= 0.3 is 11.9 Å². The number of hydrogen-bond acceptors (Lipinski definition) is 9. The SMILES string of the molecule is COC(=O)c1c(NC(=O)COC(=O)c2ccc(O)cc2)sc(C)c1Cc1ccc2c(c1)OCO2. The summed E-state index contributed by atoms with van der Waals surface area (Å²) in [6.45, 7) is 1.46. The van der Waals surface area contributed by atoms with E-state index in [4.69, 9.17) is 18.9 Å². The van der Waals surface area contributed by atoms with Crippen molar-refractivity contribution in [2.45, 2.75) is 13.3 Å². The molecule has 0 unspecified atom stereocenters. The predicted molar refractivity (Wildman–Crippen MR) is 123 cm³/mol. The molecule has 1 aliphatic heterocycles. The monoisotopic (exact) mass is 483 g/mol. The lowest BCUT2D eigenvalue weighted by atomic mass is 10.0.